The van der Waals surface area contributed by atoms with Crippen LogP contribution in [-0.2, 0) is 17.6 Å². The molecule has 4 bridgehead atoms. The van der Waals surface area contributed by atoms with Crippen molar-refractivity contribution in [3.8, 4) is 0 Å². The molecule has 158 valence electrons. The molecular formula is C23H33N3O2S. The number of hydrogen-bond acceptors (Lipinski definition) is 4. The van der Waals surface area contributed by atoms with E-state index in [2.05, 4.69) is 17.3 Å². The molecule has 29 heavy (non-hydrogen) atoms. The number of nitrogens with one attached hydrogen (secondary N) is 1. The fraction of sp³-hybridized carbons (Fsp3) is 0.739. The van der Waals surface area contributed by atoms with Gasteiger partial charge in [-0.15, -0.1) is 11.3 Å². The summed E-state index contributed by atoms with van der Waals surface area (Å²) in [5.74, 6) is 2.31. The first kappa shape index (κ1) is 19.6. The smallest absolute Gasteiger partial charge is 0.251 e. The zero-order chi connectivity index (χ0) is 20.3. The van der Waals surface area contributed by atoms with Gasteiger partial charge in [-0.1, -0.05) is 0 Å². The Hall–Kier alpha value is -1.40. The van der Waals surface area contributed by atoms with Crippen LogP contribution in [0.3, 0.4) is 0 Å². The molecule has 0 aliphatic heterocycles. The minimum absolute atomic E-state index is 0.0281. The molecule has 1 atom stereocenters. The molecule has 0 aromatic carbocycles. The second-order valence-electron chi connectivity index (χ2n) is 10.4. The molecule has 0 saturated heterocycles. The Bertz CT molecular complexity index is 810. The summed E-state index contributed by atoms with van der Waals surface area (Å²) in [6, 6.07) is -0.222. The number of amides is 2. The summed E-state index contributed by atoms with van der Waals surface area (Å²) in [5.41, 5.74) is 7.67. The summed E-state index contributed by atoms with van der Waals surface area (Å²) in [4.78, 5) is 28.5. The van der Waals surface area contributed by atoms with E-state index in [1.54, 1.807) is 0 Å². The third kappa shape index (κ3) is 3.42. The van der Waals surface area contributed by atoms with Crippen LogP contribution < -0.4 is 11.1 Å². The first-order valence-corrected chi connectivity index (χ1v) is 12.1. The Labute approximate surface area is 177 Å². The van der Waals surface area contributed by atoms with Gasteiger partial charge in [-0.05, 0) is 100 Å². The molecule has 1 unspecified atom stereocenters. The van der Waals surface area contributed by atoms with Crippen molar-refractivity contribution in [3.63, 3.8) is 0 Å². The maximum atomic E-state index is 13.0. The van der Waals surface area contributed by atoms with E-state index in [4.69, 9.17) is 5.73 Å². The molecule has 5 aliphatic carbocycles. The van der Waals surface area contributed by atoms with E-state index >= 15 is 0 Å². The number of nitrogens with two attached hydrogens (primary N) is 1. The number of carbonyl (C=O) groups excluding carboxylic acids is 2. The normalized spacial score (nSPS) is 33.1. The standard InChI is InChI=1S/C23H33N3O2S/c1-13(21(28)25-22-19(20(24)27)17-4-3-5-18(17)29-22)26(2)12-23-9-14-6-15(10-23)8-16(7-14)11-23/h13-16H,3-12H2,1-2H3,(H2,24,27)(H,25,28). The van der Waals surface area contributed by atoms with Crippen LogP contribution in [0.4, 0.5) is 5.00 Å². The van der Waals surface area contributed by atoms with E-state index in [0.29, 0.717) is 16.0 Å². The number of nitrogens with zero attached hydrogens (tertiary/aromatic N) is 1. The van der Waals surface area contributed by atoms with Crippen LogP contribution in [0.5, 0.6) is 0 Å². The molecule has 4 fully saturated rings. The third-order valence-corrected chi connectivity index (χ3v) is 9.40. The quantitative estimate of drug-likeness (QED) is 0.742. The predicted octanol–water partition coefficient (Wildman–Crippen LogP) is 3.81. The first-order chi connectivity index (χ1) is 13.8. The molecule has 6 rings (SSSR count). The van der Waals surface area contributed by atoms with Crippen LogP contribution in [0.15, 0.2) is 0 Å². The summed E-state index contributed by atoms with van der Waals surface area (Å²) >= 11 is 1.54. The van der Waals surface area contributed by atoms with Gasteiger partial charge in [0.15, 0.2) is 0 Å². The molecule has 3 N–H and O–H groups in total. The van der Waals surface area contributed by atoms with Gasteiger partial charge in [0, 0.05) is 11.4 Å². The average Bonchev–Trinajstić information content (AvgIpc) is 3.19. The largest absolute Gasteiger partial charge is 0.365 e. The number of thiophene rings is 1. The number of fused-ring (bicyclic) bond motifs is 1. The van der Waals surface area contributed by atoms with E-state index in [-0.39, 0.29) is 11.9 Å². The molecule has 1 aromatic heterocycles. The molecule has 2 amide bonds. The molecule has 6 heteroatoms. The van der Waals surface area contributed by atoms with Crippen molar-refractivity contribution in [1.82, 2.24) is 4.90 Å². The summed E-state index contributed by atoms with van der Waals surface area (Å²) < 4.78 is 0. The lowest BCUT2D eigenvalue weighted by Gasteiger charge is -2.58. The van der Waals surface area contributed by atoms with Crippen LogP contribution in [0.1, 0.15) is 72.7 Å². The second-order valence-corrected chi connectivity index (χ2v) is 11.5. The molecule has 4 saturated carbocycles. The maximum absolute atomic E-state index is 13.0. The first-order valence-electron chi connectivity index (χ1n) is 11.3. The van der Waals surface area contributed by atoms with Gasteiger partial charge in [0.05, 0.1) is 11.6 Å². The van der Waals surface area contributed by atoms with Crippen molar-refractivity contribution < 1.29 is 9.59 Å². The van der Waals surface area contributed by atoms with E-state index in [1.807, 2.05) is 6.92 Å². The van der Waals surface area contributed by atoms with Crippen LogP contribution in [-0.4, -0.2) is 36.3 Å². The number of carbonyl (C=O) groups is 2. The lowest BCUT2D eigenvalue weighted by Crippen LogP contribution is -2.53. The van der Waals surface area contributed by atoms with Crippen molar-refractivity contribution >= 4 is 28.2 Å². The summed E-state index contributed by atoms with van der Waals surface area (Å²) in [6.07, 6.45) is 11.3. The fourth-order valence-electron chi connectivity index (χ4n) is 7.32. The SMILES string of the molecule is CC(C(=O)Nc1sc2c(c1C(N)=O)CCC2)N(C)CC12CC3CC(CC(C3)C1)C2. The highest BCUT2D eigenvalue weighted by Gasteiger charge is 2.51. The van der Waals surface area contributed by atoms with Crippen molar-refractivity contribution in [2.45, 2.75) is 70.8 Å². The Morgan fingerprint density at radius 3 is 2.38 bits per heavy atom. The van der Waals surface area contributed by atoms with E-state index in [9.17, 15) is 9.59 Å². The van der Waals surface area contributed by atoms with Gasteiger partial charge in [-0.25, -0.2) is 0 Å². The Morgan fingerprint density at radius 1 is 1.17 bits per heavy atom. The molecule has 5 aliphatic rings. The number of hydrogen-bond donors (Lipinski definition) is 2. The van der Waals surface area contributed by atoms with Crippen molar-refractivity contribution in [2.24, 2.45) is 28.9 Å². The Morgan fingerprint density at radius 2 is 1.79 bits per heavy atom. The highest BCUT2D eigenvalue weighted by molar-refractivity contribution is 7.17. The number of anilines is 1. The summed E-state index contributed by atoms with van der Waals surface area (Å²) in [7, 11) is 2.09. The van der Waals surface area contributed by atoms with Crippen LogP contribution in [0.25, 0.3) is 0 Å². The Kier molecular flexibility index (Phi) is 4.78. The van der Waals surface area contributed by atoms with Gasteiger partial charge in [-0.2, -0.15) is 0 Å². The van der Waals surface area contributed by atoms with Crippen LogP contribution in [0, 0.1) is 23.2 Å². The topological polar surface area (TPSA) is 75.4 Å². The van der Waals surface area contributed by atoms with Gasteiger partial charge >= 0.3 is 0 Å². The number of aryl methyl sites for hydroxylation is 1. The van der Waals surface area contributed by atoms with Crippen molar-refractivity contribution in [3.05, 3.63) is 16.0 Å². The van der Waals surface area contributed by atoms with Gasteiger partial charge in [0.1, 0.15) is 5.00 Å². The van der Waals surface area contributed by atoms with E-state index in [1.165, 1.54) is 54.7 Å². The lowest BCUT2D eigenvalue weighted by atomic mass is 9.49. The zero-order valence-electron chi connectivity index (χ0n) is 17.6. The monoisotopic (exact) mass is 415 g/mol. The molecule has 1 aromatic rings. The minimum Gasteiger partial charge on any atom is -0.365 e. The fourth-order valence-corrected chi connectivity index (χ4v) is 8.62. The molecule has 0 radical (unpaired) electrons. The highest BCUT2D eigenvalue weighted by atomic mass is 32.1. The third-order valence-electron chi connectivity index (χ3n) is 8.19. The van der Waals surface area contributed by atoms with Gasteiger partial charge in [0.25, 0.3) is 5.91 Å². The van der Waals surface area contributed by atoms with E-state index in [0.717, 1.165) is 49.1 Å². The second kappa shape index (κ2) is 7.09. The lowest BCUT2D eigenvalue weighted by molar-refractivity contribution is -0.122. The average molecular weight is 416 g/mol. The molecule has 5 nitrogen and oxygen atoms in total. The van der Waals surface area contributed by atoms with Crippen molar-refractivity contribution in [1.29, 1.82) is 0 Å². The van der Waals surface area contributed by atoms with Gasteiger partial charge < -0.3 is 11.1 Å². The summed E-state index contributed by atoms with van der Waals surface area (Å²) in [6.45, 7) is 3.00. The predicted molar refractivity (Wildman–Crippen MR) is 116 cm³/mol. The van der Waals surface area contributed by atoms with Gasteiger partial charge in [0.2, 0.25) is 5.91 Å². The van der Waals surface area contributed by atoms with Crippen molar-refractivity contribution in [2.75, 3.05) is 18.9 Å². The number of likely N-dealkylation sites (N-methyl/N-ethyl adjacent to an activating group) is 1. The molecule has 0 spiro atoms. The van der Waals surface area contributed by atoms with Crippen LogP contribution >= 0.6 is 11.3 Å². The number of primary amides is 1. The Balaban J connectivity index is 1.27. The summed E-state index contributed by atoms with van der Waals surface area (Å²) in [5, 5.41) is 3.70. The zero-order valence-corrected chi connectivity index (χ0v) is 18.4. The maximum Gasteiger partial charge on any atom is 0.251 e. The molecule has 1 heterocycles. The molecular weight excluding hydrogens is 382 g/mol. The minimum atomic E-state index is -0.422. The number of rotatable bonds is 6. The van der Waals surface area contributed by atoms with Crippen LogP contribution in [0.2, 0.25) is 0 Å². The highest BCUT2D eigenvalue weighted by Crippen LogP contribution is 2.60. The van der Waals surface area contributed by atoms with Gasteiger partial charge in [-0.3, -0.25) is 14.5 Å². The van der Waals surface area contributed by atoms with E-state index < -0.39 is 5.91 Å².